The van der Waals surface area contributed by atoms with Gasteiger partial charge in [0.25, 0.3) is 0 Å². The van der Waals surface area contributed by atoms with Crippen LogP contribution in [0.1, 0.15) is 32.1 Å². The van der Waals surface area contributed by atoms with Gasteiger partial charge < -0.3 is 0 Å². The largest absolute Gasteiger partial charge is 0.247 e. The van der Waals surface area contributed by atoms with Crippen LogP contribution in [0.4, 0.5) is 0 Å². The molecule has 1 saturated carbocycles. The van der Waals surface area contributed by atoms with E-state index >= 15 is 0 Å². The van der Waals surface area contributed by atoms with E-state index in [0.717, 1.165) is 11.7 Å². The summed E-state index contributed by atoms with van der Waals surface area (Å²) in [7, 11) is 0. The molecule has 1 aliphatic rings. The summed E-state index contributed by atoms with van der Waals surface area (Å²) < 4.78 is 3.48. The minimum absolute atomic E-state index is 0.797. The molecule has 3 heteroatoms. The second-order valence-corrected chi connectivity index (χ2v) is 3.76. The van der Waals surface area contributed by atoms with Crippen molar-refractivity contribution in [3.63, 3.8) is 0 Å². The second kappa shape index (κ2) is 5.39. The highest BCUT2D eigenvalue weighted by molar-refractivity contribution is 7.98. The van der Waals surface area contributed by atoms with Crippen molar-refractivity contribution in [1.29, 1.82) is 0 Å². The molecule has 0 unspecified atom stereocenters. The van der Waals surface area contributed by atoms with Crippen molar-refractivity contribution >= 4 is 18.0 Å². The predicted octanol–water partition coefficient (Wildman–Crippen LogP) is 2.55. The van der Waals surface area contributed by atoms with Gasteiger partial charge in [-0.1, -0.05) is 19.3 Å². The van der Waals surface area contributed by atoms with E-state index in [-0.39, 0.29) is 0 Å². The summed E-state index contributed by atoms with van der Waals surface area (Å²) in [5.74, 6) is 1.81. The molecule has 2 nitrogen and oxygen atoms in total. The molecule has 1 aliphatic carbocycles. The van der Waals surface area contributed by atoms with Gasteiger partial charge >= 0.3 is 0 Å². The van der Waals surface area contributed by atoms with E-state index in [0.29, 0.717) is 0 Å². The molecule has 0 bridgehead atoms. The molecule has 0 spiro atoms. The second-order valence-electron chi connectivity index (χ2n) is 2.98. The zero-order valence-corrected chi connectivity index (χ0v) is 7.40. The van der Waals surface area contributed by atoms with Crippen LogP contribution < -0.4 is 0 Å². The highest BCUT2D eigenvalue weighted by atomic mass is 32.2. The van der Waals surface area contributed by atoms with Crippen LogP contribution in [0.15, 0.2) is 4.40 Å². The van der Waals surface area contributed by atoms with Gasteiger partial charge in [0.15, 0.2) is 0 Å². The zero-order valence-electron chi connectivity index (χ0n) is 6.58. The van der Waals surface area contributed by atoms with E-state index in [9.17, 15) is 4.79 Å². The monoisotopic (exact) mass is 171 g/mol. The molecule has 0 saturated heterocycles. The first kappa shape index (κ1) is 8.82. The molecular weight excluding hydrogens is 158 g/mol. The van der Waals surface area contributed by atoms with Gasteiger partial charge in [-0.15, -0.1) is 4.40 Å². The first-order chi connectivity index (χ1) is 5.43. The summed E-state index contributed by atoms with van der Waals surface area (Å²) in [6.45, 7) is 0. The van der Waals surface area contributed by atoms with Crippen LogP contribution in [-0.4, -0.2) is 11.8 Å². The molecule has 0 atom stereocenters. The van der Waals surface area contributed by atoms with E-state index < -0.39 is 0 Å². The Kier molecular flexibility index (Phi) is 4.32. The summed E-state index contributed by atoms with van der Waals surface area (Å²) in [6.07, 6.45) is 8.29. The minimum atomic E-state index is 0.797. The lowest BCUT2D eigenvalue weighted by molar-refractivity contribution is 0.391. The molecule has 1 fully saturated rings. The maximum atomic E-state index is 9.73. The predicted molar refractivity (Wildman–Crippen MR) is 47.2 cm³/mol. The maximum absolute atomic E-state index is 9.73. The molecule has 0 N–H and O–H groups in total. The lowest BCUT2D eigenvalue weighted by Gasteiger charge is -2.19. The third-order valence-corrected chi connectivity index (χ3v) is 2.96. The number of nitrogens with zero attached hydrogens (tertiary/aromatic N) is 1. The van der Waals surface area contributed by atoms with Crippen LogP contribution in [0.25, 0.3) is 0 Å². The average molecular weight is 171 g/mol. The molecule has 0 aliphatic heterocycles. The summed E-state index contributed by atoms with van der Waals surface area (Å²) in [5.41, 5.74) is 0. The smallest absolute Gasteiger partial charge is 0.210 e. The van der Waals surface area contributed by atoms with E-state index in [1.54, 1.807) is 6.08 Å². The lowest BCUT2D eigenvalue weighted by Crippen LogP contribution is -2.07. The van der Waals surface area contributed by atoms with Crippen LogP contribution in [0.2, 0.25) is 0 Å². The molecule has 0 aromatic carbocycles. The van der Waals surface area contributed by atoms with Crippen molar-refractivity contribution in [3.05, 3.63) is 0 Å². The molecule has 0 radical (unpaired) electrons. The van der Waals surface area contributed by atoms with Crippen LogP contribution in [0, 0.1) is 5.92 Å². The quantitative estimate of drug-likeness (QED) is 0.371. The van der Waals surface area contributed by atoms with Crippen molar-refractivity contribution in [3.8, 4) is 0 Å². The third kappa shape index (κ3) is 3.59. The van der Waals surface area contributed by atoms with Gasteiger partial charge in [0.2, 0.25) is 6.08 Å². The van der Waals surface area contributed by atoms with Gasteiger partial charge in [0, 0.05) is 5.75 Å². The highest BCUT2D eigenvalue weighted by Gasteiger charge is 2.12. The fourth-order valence-electron chi connectivity index (χ4n) is 1.52. The minimum Gasteiger partial charge on any atom is -0.210 e. The number of hydrogen-bond donors (Lipinski definition) is 0. The van der Waals surface area contributed by atoms with Crippen LogP contribution in [-0.2, 0) is 4.79 Å². The molecule has 0 amide bonds. The first-order valence-electron chi connectivity index (χ1n) is 4.12. The summed E-state index contributed by atoms with van der Waals surface area (Å²) in [4.78, 5) is 9.73. The Balaban J connectivity index is 2.09. The Morgan fingerprint density at radius 2 is 2.09 bits per heavy atom. The number of hydrogen-bond acceptors (Lipinski definition) is 3. The third-order valence-electron chi connectivity index (χ3n) is 2.14. The fourth-order valence-corrected chi connectivity index (χ4v) is 2.19. The summed E-state index contributed by atoms with van der Waals surface area (Å²) in [6, 6.07) is 0. The Morgan fingerprint density at radius 3 is 2.73 bits per heavy atom. The van der Waals surface area contributed by atoms with Crippen molar-refractivity contribution in [2.45, 2.75) is 32.1 Å². The van der Waals surface area contributed by atoms with E-state index in [1.165, 1.54) is 44.1 Å². The van der Waals surface area contributed by atoms with Crippen molar-refractivity contribution in [1.82, 2.24) is 0 Å². The van der Waals surface area contributed by atoms with E-state index in [1.807, 2.05) is 0 Å². The Morgan fingerprint density at radius 1 is 1.36 bits per heavy atom. The van der Waals surface area contributed by atoms with Crippen molar-refractivity contribution < 1.29 is 4.79 Å². The number of rotatable bonds is 3. The normalized spacial score (nSPS) is 19.3. The molecule has 62 valence electrons. The topological polar surface area (TPSA) is 29.4 Å². The van der Waals surface area contributed by atoms with Gasteiger partial charge in [0.1, 0.15) is 0 Å². The van der Waals surface area contributed by atoms with Gasteiger partial charge in [0.05, 0.1) is 0 Å². The van der Waals surface area contributed by atoms with Gasteiger partial charge in [-0.05, 0) is 30.7 Å². The van der Waals surface area contributed by atoms with Crippen molar-refractivity contribution in [2.24, 2.45) is 10.3 Å². The lowest BCUT2D eigenvalue weighted by atomic mass is 9.91. The average Bonchev–Trinajstić information content (AvgIpc) is 2.07. The number of carbonyl (C=O) groups excluding carboxylic acids is 1. The van der Waals surface area contributed by atoms with E-state index in [4.69, 9.17) is 0 Å². The molecular formula is C8H13NOS. The molecule has 1 rings (SSSR count). The zero-order chi connectivity index (χ0) is 7.94. The molecule has 0 aromatic heterocycles. The first-order valence-corrected chi connectivity index (χ1v) is 5.07. The summed E-state index contributed by atoms with van der Waals surface area (Å²) in [5, 5.41) is 0. The maximum Gasteiger partial charge on any atom is 0.247 e. The van der Waals surface area contributed by atoms with Gasteiger partial charge in [-0.3, -0.25) is 0 Å². The molecule has 0 aromatic rings. The molecule has 0 heterocycles. The Bertz CT molecular complexity index is 148. The Labute approximate surface area is 71.6 Å². The van der Waals surface area contributed by atoms with Gasteiger partial charge in [-0.2, -0.15) is 0 Å². The fraction of sp³-hybridized carbons (Fsp3) is 0.875. The van der Waals surface area contributed by atoms with E-state index in [2.05, 4.69) is 4.40 Å². The van der Waals surface area contributed by atoms with Crippen LogP contribution >= 0.6 is 11.9 Å². The SMILES string of the molecule is O=C=NSCC1CCCCC1. The summed E-state index contributed by atoms with van der Waals surface area (Å²) >= 11 is 1.36. The Hall–Kier alpha value is -0.270. The number of isocyanates is 1. The van der Waals surface area contributed by atoms with Crippen molar-refractivity contribution in [2.75, 3.05) is 5.75 Å². The highest BCUT2D eigenvalue weighted by Crippen LogP contribution is 2.26. The van der Waals surface area contributed by atoms with Crippen LogP contribution in [0.5, 0.6) is 0 Å². The molecule has 11 heavy (non-hydrogen) atoms. The standard InChI is InChI=1S/C8H13NOS/c10-7-9-11-6-8-4-2-1-3-5-8/h8H,1-6H2. The van der Waals surface area contributed by atoms with Gasteiger partial charge in [-0.25, -0.2) is 4.79 Å². The van der Waals surface area contributed by atoms with Crippen LogP contribution in [0.3, 0.4) is 0 Å².